The molecule has 24 heavy (non-hydrogen) atoms. The van der Waals surface area contributed by atoms with Gasteiger partial charge in [0.2, 0.25) is 0 Å². The van der Waals surface area contributed by atoms with E-state index in [1.165, 1.54) is 0 Å². The van der Waals surface area contributed by atoms with E-state index < -0.39 is 0 Å². The first-order valence-corrected chi connectivity index (χ1v) is 7.63. The van der Waals surface area contributed by atoms with Crippen LogP contribution < -0.4 is 10.6 Å². The molecule has 0 fully saturated rings. The third kappa shape index (κ3) is 3.55. The van der Waals surface area contributed by atoms with Gasteiger partial charge in [0.1, 0.15) is 11.5 Å². The van der Waals surface area contributed by atoms with Crippen molar-refractivity contribution in [3.63, 3.8) is 0 Å². The Kier molecular flexibility index (Phi) is 4.48. The van der Waals surface area contributed by atoms with Crippen LogP contribution in [-0.2, 0) is 0 Å². The van der Waals surface area contributed by atoms with Gasteiger partial charge in [-0.1, -0.05) is 22.8 Å². The lowest BCUT2D eigenvalue weighted by Crippen LogP contribution is -2.14. The second-order valence-corrected chi connectivity index (χ2v) is 5.65. The first kappa shape index (κ1) is 16.0. The topological polar surface area (TPSA) is 80.0 Å². The number of amides is 1. The van der Waals surface area contributed by atoms with Crippen molar-refractivity contribution in [2.24, 2.45) is 0 Å². The molecule has 1 amide bonds. The number of halogens is 1. The van der Waals surface area contributed by atoms with Gasteiger partial charge < -0.3 is 15.2 Å². The van der Waals surface area contributed by atoms with E-state index in [0.717, 1.165) is 16.9 Å². The summed E-state index contributed by atoms with van der Waals surface area (Å²) in [7, 11) is 0. The molecule has 0 radical (unpaired) electrons. The van der Waals surface area contributed by atoms with Crippen molar-refractivity contribution in [3.8, 4) is 0 Å². The van der Waals surface area contributed by atoms with E-state index in [2.05, 4.69) is 20.8 Å². The zero-order valence-corrected chi connectivity index (χ0v) is 13.9. The van der Waals surface area contributed by atoms with Crippen LogP contribution in [-0.4, -0.2) is 16.0 Å². The highest BCUT2D eigenvalue weighted by molar-refractivity contribution is 6.31. The van der Waals surface area contributed by atoms with Gasteiger partial charge in [0.15, 0.2) is 5.82 Å². The van der Waals surface area contributed by atoms with E-state index in [1.54, 1.807) is 31.3 Å². The largest absolute Gasteiger partial charge is 0.360 e. The number of carbonyl (C=O) groups excluding carboxylic acids is 1. The standard InChI is InChI=1S/C17H15ClN4O2/c1-10-8-16(22-24-10)21-17(23)15-9-12(6-7-19-15)20-14-5-3-4-13(18)11(14)2/h3-9H,1-2H3,(H,19,20)(H,21,22,23). The summed E-state index contributed by atoms with van der Waals surface area (Å²) in [6.45, 7) is 3.67. The van der Waals surface area contributed by atoms with Crippen LogP contribution in [0.3, 0.4) is 0 Å². The number of nitrogens with zero attached hydrogens (tertiary/aromatic N) is 2. The predicted molar refractivity (Wildman–Crippen MR) is 92.9 cm³/mol. The van der Waals surface area contributed by atoms with Gasteiger partial charge in [0.05, 0.1) is 0 Å². The van der Waals surface area contributed by atoms with Crippen LogP contribution in [0, 0.1) is 13.8 Å². The molecule has 3 aromatic rings. The fourth-order valence-electron chi connectivity index (χ4n) is 2.14. The fourth-order valence-corrected chi connectivity index (χ4v) is 2.31. The molecule has 0 atom stereocenters. The van der Waals surface area contributed by atoms with Gasteiger partial charge in [-0.3, -0.25) is 9.78 Å². The maximum atomic E-state index is 12.2. The molecule has 0 saturated heterocycles. The highest BCUT2D eigenvalue weighted by atomic mass is 35.5. The number of aromatic nitrogens is 2. The van der Waals surface area contributed by atoms with Gasteiger partial charge in [0.25, 0.3) is 5.91 Å². The summed E-state index contributed by atoms with van der Waals surface area (Å²) in [5.41, 5.74) is 2.80. The molecule has 0 unspecified atom stereocenters. The zero-order chi connectivity index (χ0) is 17.1. The van der Waals surface area contributed by atoms with E-state index in [-0.39, 0.29) is 11.6 Å². The molecule has 2 aromatic heterocycles. The minimum Gasteiger partial charge on any atom is -0.360 e. The lowest BCUT2D eigenvalue weighted by Gasteiger charge is -2.11. The van der Waals surface area contributed by atoms with Crippen molar-refractivity contribution < 1.29 is 9.32 Å². The average Bonchev–Trinajstić information content (AvgIpc) is 2.97. The molecule has 122 valence electrons. The summed E-state index contributed by atoms with van der Waals surface area (Å²) >= 11 is 6.12. The van der Waals surface area contributed by atoms with E-state index in [0.29, 0.717) is 16.6 Å². The van der Waals surface area contributed by atoms with E-state index in [4.69, 9.17) is 16.1 Å². The summed E-state index contributed by atoms with van der Waals surface area (Å²) in [5, 5.41) is 10.3. The molecular formula is C17H15ClN4O2. The SMILES string of the molecule is Cc1cc(NC(=O)c2cc(Nc3cccc(Cl)c3C)ccn2)no1. The smallest absolute Gasteiger partial charge is 0.275 e. The number of anilines is 3. The Hall–Kier alpha value is -2.86. The lowest BCUT2D eigenvalue weighted by molar-refractivity contribution is 0.102. The number of nitrogens with one attached hydrogen (secondary N) is 2. The van der Waals surface area contributed by atoms with Crippen LogP contribution in [0.4, 0.5) is 17.2 Å². The number of hydrogen-bond acceptors (Lipinski definition) is 5. The number of hydrogen-bond donors (Lipinski definition) is 2. The monoisotopic (exact) mass is 342 g/mol. The summed E-state index contributed by atoms with van der Waals surface area (Å²) < 4.78 is 4.92. The summed E-state index contributed by atoms with van der Waals surface area (Å²) in [6, 6.07) is 10.7. The number of carbonyl (C=O) groups is 1. The van der Waals surface area contributed by atoms with E-state index in [9.17, 15) is 4.79 Å². The van der Waals surface area contributed by atoms with Crippen molar-refractivity contribution in [2.45, 2.75) is 13.8 Å². The van der Waals surface area contributed by atoms with Gasteiger partial charge >= 0.3 is 0 Å². The molecule has 0 saturated carbocycles. The molecule has 6 nitrogen and oxygen atoms in total. The average molecular weight is 343 g/mol. The second-order valence-electron chi connectivity index (χ2n) is 5.24. The Morgan fingerprint density at radius 3 is 2.79 bits per heavy atom. The highest BCUT2D eigenvalue weighted by Gasteiger charge is 2.11. The Balaban J connectivity index is 1.78. The molecule has 2 heterocycles. The Labute approximate surface area is 143 Å². The van der Waals surface area contributed by atoms with Gasteiger partial charge in [-0.05, 0) is 43.7 Å². The maximum Gasteiger partial charge on any atom is 0.275 e. The van der Waals surface area contributed by atoms with Crippen LogP contribution in [0.2, 0.25) is 5.02 Å². The van der Waals surface area contributed by atoms with Gasteiger partial charge in [0, 0.05) is 28.7 Å². The van der Waals surface area contributed by atoms with Crippen molar-refractivity contribution in [3.05, 3.63) is 64.6 Å². The molecule has 7 heteroatoms. The number of benzene rings is 1. The molecule has 3 rings (SSSR count). The van der Waals surface area contributed by atoms with Crippen molar-refractivity contribution in [2.75, 3.05) is 10.6 Å². The van der Waals surface area contributed by atoms with Crippen molar-refractivity contribution >= 4 is 34.7 Å². The van der Waals surface area contributed by atoms with Crippen LogP contribution >= 0.6 is 11.6 Å². The molecule has 1 aromatic carbocycles. The summed E-state index contributed by atoms with van der Waals surface area (Å²) in [6.07, 6.45) is 1.56. The van der Waals surface area contributed by atoms with Gasteiger partial charge in [-0.15, -0.1) is 0 Å². The number of pyridine rings is 1. The molecule has 2 N–H and O–H groups in total. The van der Waals surface area contributed by atoms with Crippen molar-refractivity contribution in [1.29, 1.82) is 0 Å². The Morgan fingerprint density at radius 2 is 2.04 bits per heavy atom. The molecule has 0 spiro atoms. The van der Waals surface area contributed by atoms with Gasteiger partial charge in [-0.2, -0.15) is 0 Å². The van der Waals surface area contributed by atoms with Crippen molar-refractivity contribution in [1.82, 2.24) is 10.1 Å². The first-order valence-electron chi connectivity index (χ1n) is 7.26. The molecule has 0 bridgehead atoms. The van der Waals surface area contributed by atoms with Gasteiger partial charge in [-0.25, -0.2) is 0 Å². The van der Waals surface area contributed by atoms with Crippen LogP contribution in [0.15, 0.2) is 47.1 Å². The quantitative estimate of drug-likeness (QED) is 0.737. The summed E-state index contributed by atoms with van der Waals surface area (Å²) in [4.78, 5) is 16.3. The molecule has 0 aliphatic carbocycles. The Morgan fingerprint density at radius 1 is 1.21 bits per heavy atom. The third-order valence-electron chi connectivity index (χ3n) is 3.41. The predicted octanol–water partition coefficient (Wildman–Crippen LogP) is 4.34. The number of rotatable bonds is 4. The Bertz CT molecular complexity index is 892. The highest BCUT2D eigenvalue weighted by Crippen LogP contribution is 2.26. The maximum absolute atomic E-state index is 12.2. The van der Waals surface area contributed by atoms with Crippen LogP contribution in [0.1, 0.15) is 21.8 Å². The third-order valence-corrected chi connectivity index (χ3v) is 3.82. The summed E-state index contributed by atoms with van der Waals surface area (Å²) in [5.74, 6) is 0.600. The normalized spacial score (nSPS) is 10.5. The lowest BCUT2D eigenvalue weighted by atomic mass is 10.2. The minimum atomic E-state index is -0.366. The van der Waals surface area contributed by atoms with E-state index >= 15 is 0 Å². The first-order chi connectivity index (χ1) is 11.5. The zero-order valence-electron chi connectivity index (χ0n) is 13.1. The van der Waals surface area contributed by atoms with Crippen LogP contribution in [0.25, 0.3) is 0 Å². The second kappa shape index (κ2) is 6.72. The molecule has 0 aliphatic rings. The molecular weight excluding hydrogens is 328 g/mol. The number of aryl methyl sites for hydroxylation is 1. The fraction of sp³-hybridized carbons (Fsp3) is 0.118. The molecule has 0 aliphatic heterocycles. The van der Waals surface area contributed by atoms with Crippen LogP contribution in [0.5, 0.6) is 0 Å². The van der Waals surface area contributed by atoms with E-state index in [1.807, 2.05) is 25.1 Å². The minimum absolute atomic E-state index is 0.264.